The second-order valence-electron chi connectivity index (χ2n) is 9.22. The zero-order valence-corrected chi connectivity index (χ0v) is 20.8. The normalized spacial score (nSPS) is 21.9. The van der Waals surface area contributed by atoms with Crippen LogP contribution in [0.2, 0.25) is 0 Å². The summed E-state index contributed by atoms with van der Waals surface area (Å²) >= 11 is 0. The number of alkyl halides is 6. The Labute approximate surface area is 221 Å². The SMILES string of the molecule is CCCCn1c(CN2C[C@@]3(C(=O)O)C[C@@]3(C(=O)O)C2)nc2ccccc21.O=C(O)C(F)(F)F.O=C(O)C(F)(F)F. The number of imidazole rings is 1. The highest BCUT2D eigenvalue weighted by Gasteiger charge is 2.80. The maximum atomic E-state index is 11.7. The van der Waals surface area contributed by atoms with E-state index in [1.165, 1.54) is 0 Å². The van der Waals surface area contributed by atoms with Gasteiger partial charge in [0, 0.05) is 19.6 Å². The monoisotopic (exact) mass is 585 g/mol. The number of rotatable bonds is 7. The molecule has 0 spiro atoms. The van der Waals surface area contributed by atoms with Crippen LogP contribution in [-0.4, -0.2) is 84.2 Å². The summed E-state index contributed by atoms with van der Waals surface area (Å²) in [5.41, 5.74) is -0.289. The van der Waals surface area contributed by atoms with Crippen molar-refractivity contribution >= 4 is 34.9 Å². The van der Waals surface area contributed by atoms with Gasteiger partial charge in [-0.25, -0.2) is 14.6 Å². The Morgan fingerprint density at radius 3 is 1.73 bits per heavy atom. The number of fused-ring (bicyclic) bond motifs is 2. The number of hydrogen-bond donors (Lipinski definition) is 4. The first-order chi connectivity index (χ1) is 18.3. The summed E-state index contributed by atoms with van der Waals surface area (Å²) in [5, 5.41) is 33.4. The molecule has 2 heterocycles. The van der Waals surface area contributed by atoms with Gasteiger partial charge < -0.3 is 25.0 Å². The average Bonchev–Trinajstić information content (AvgIpc) is 3.19. The van der Waals surface area contributed by atoms with Crippen LogP contribution in [0.25, 0.3) is 11.0 Å². The van der Waals surface area contributed by atoms with E-state index in [0.29, 0.717) is 6.54 Å². The van der Waals surface area contributed by atoms with Crippen LogP contribution in [0.5, 0.6) is 0 Å². The first kappa shape index (κ1) is 32.3. The lowest BCUT2D eigenvalue weighted by Gasteiger charge is -2.20. The van der Waals surface area contributed by atoms with Crippen LogP contribution in [-0.2, 0) is 32.3 Å². The number of carboxylic acids is 4. The van der Waals surface area contributed by atoms with E-state index >= 15 is 0 Å². The minimum atomic E-state index is -5.08. The molecule has 1 saturated carbocycles. The fourth-order valence-corrected chi connectivity index (χ4v) is 4.52. The summed E-state index contributed by atoms with van der Waals surface area (Å²) in [5.74, 6) is -6.63. The minimum Gasteiger partial charge on any atom is -0.481 e. The van der Waals surface area contributed by atoms with E-state index in [2.05, 4.69) is 11.5 Å². The third-order valence-electron chi connectivity index (χ3n) is 6.52. The maximum Gasteiger partial charge on any atom is 0.490 e. The van der Waals surface area contributed by atoms with Gasteiger partial charge in [0.2, 0.25) is 0 Å². The second kappa shape index (κ2) is 11.7. The number of carbonyl (C=O) groups is 4. The molecule has 4 N–H and O–H groups in total. The number of halogens is 6. The molecule has 1 saturated heterocycles. The molecule has 1 aliphatic carbocycles. The Morgan fingerprint density at radius 1 is 0.875 bits per heavy atom. The lowest BCUT2D eigenvalue weighted by molar-refractivity contribution is -0.193. The summed E-state index contributed by atoms with van der Waals surface area (Å²) in [6, 6.07) is 7.95. The van der Waals surface area contributed by atoms with Crippen LogP contribution in [0, 0.1) is 10.8 Å². The van der Waals surface area contributed by atoms with E-state index in [4.69, 9.17) is 24.8 Å². The molecule has 2 aromatic rings. The van der Waals surface area contributed by atoms with Crippen molar-refractivity contribution in [2.45, 2.75) is 51.6 Å². The van der Waals surface area contributed by atoms with Gasteiger partial charge >= 0.3 is 36.2 Å². The molecular weight excluding hydrogens is 560 g/mol. The van der Waals surface area contributed by atoms with Gasteiger partial charge in [-0.1, -0.05) is 25.5 Å². The number of aliphatic carboxylic acids is 4. The van der Waals surface area contributed by atoms with E-state index in [1.54, 1.807) is 0 Å². The molecule has 11 nitrogen and oxygen atoms in total. The van der Waals surface area contributed by atoms with Gasteiger partial charge in [0.25, 0.3) is 0 Å². The highest BCUT2D eigenvalue weighted by atomic mass is 19.4. The lowest BCUT2D eigenvalue weighted by atomic mass is 9.97. The predicted octanol–water partition coefficient (Wildman–Crippen LogP) is 3.46. The molecule has 17 heteroatoms. The molecule has 0 radical (unpaired) electrons. The number of carboxylic acid groups (broad SMARTS) is 4. The fraction of sp³-hybridized carbons (Fsp3) is 0.522. The largest absolute Gasteiger partial charge is 0.490 e. The smallest absolute Gasteiger partial charge is 0.481 e. The Bertz CT molecular complexity index is 1230. The third kappa shape index (κ3) is 6.81. The van der Waals surface area contributed by atoms with Crippen molar-refractivity contribution in [1.29, 1.82) is 0 Å². The Hall–Kier alpha value is -3.89. The number of piperidine rings is 1. The molecule has 2 fully saturated rings. The van der Waals surface area contributed by atoms with Gasteiger partial charge in [-0.2, -0.15) is 26.3 Å². The van der Waals surface area contributed by atoms with Crippen molar-refractivity contribution in [1.82, 2.24) is 14.5 Å². The van der Waals surface area contributed by atoms with E-state index in [0.717, 1.165) is 36.2 Å². The average molecular weight is 585 g/mol. The van der Waals surface area contributed by atoms with Crippen LogP contribution < -0.4 is 0 Å². The molecule has 1 aromatic carbocycles. The number of aryl methyl sites for hydroxylation is 1. The lowest BCUT2D eigenvalue weighted by Crippen LogP contribution is -2.29. The molecule has 2 aliphatic rings. The molecule has 2 atom stereocenters. The molecule has 40 heavy (non-hydrogen) atoms. The number of nitrogens with zero attached hydrogens (tertiary/aromatic N) is 3. The molecule has 0 unspecified atom stereocenters. The topological polar surface area (TPSA) is 170 Å². The molecular formula is C23H25F6N3O8. The number of benzene rings is 1. The molecule has 0 bridgehead atoms. The highest BCUT2D eigenvalue weighted by molar-refractivity contribution is 5.94. The Kier molecular flexibility index (Phi) is 9.45. The van der Waals surface area contributed by atoms with E-state index < -0.39 is 47.1 Å². The van der Waals surface area contributed by atoms with Crippen molar-refractivity contribution in [3.63, 3.8) is 0 Å². The van der Waals surface area contributed by atoms with Crippen LogP contribution in [0.4, 0.5) is 26.3 Å². The Morgan fingerprint density at radius 2 is 1.32 bits per heavy atom. The molecule has 1 aliphatic heterocycles. The summed E-state index contributed by atoms with van der Waals surface area (Å²) in [4.78, 5) is 47.9. The van der Waals surface area contributed by atoms with Crippen molar-refractivity contribution in [2.75, 3.05) is 13.1 Å². The van der Waals surface area contributed by atoms with Crippen molar-refractivity contribution in [2.24, 2.45) is 10.8 Å². The fourth-order valence-electron chi connectivity index (χ4n) is 4.52. The minimum absolute atomic E-state index is 0.230. The standard InChI is InChI=1S/C19H23N3O4.2C2HF3O2/c1-2-3-8-22-14-7-5-4-6-13(14)20-15(22)9-21-11-18(16(23)24)10-19(18,12-21)17(25)26;2*3-2(4,5)1(6)7/h4-7H,2-3,8-12H2,1H3,(H,23,24)(H,25,26);2*(H,6,7)/t18-,19+;;. The van der Waals surface area contributed by atoms with Gasteiger partial charge in [0.15, 0.2) is 0 Å². The van der Waals surface area contributed by atoms with Gasteiger partial charge in [-0.3, -0.25) is 14.5 Å². The molecule has 1 aromatic heterocycles. The summed E-state index contributed by atoms with van der Waals surface area (Å²) in [6.07, 6.45) is -7.83. The Balaban J connectivity index is 0.000000333. The number of para-hydroxylation sites is 2. The molecule has 4 rings (SSSR count). The zero-order valence-electron chi connectivity index (χ0n) is 20.8. The highest BCUT2D eigenvalue weighted by Crippen LogP contribution is 2.68. The third-order valence-corrected chi connectivity index (χ3v) is 6.52. The van der Waals surface area contributed by atoms with E-state index in [1.807, 2.05) is 29.2 Å². The van der Waals surface area contributed by atoms with E-state index in [9.17, 15) is 46.1 Å². The van der Waals surface area contributed by atoms with Gasteiger partial charge in [0.1, 0.15) is 5.82 Å². The quantitative estimate of drug-likeness (QED) is 0.353. The van der Waals surface area contributed by atoms with Crippen molar-refractivity contribution in [3.05, 3.63) is 30.1 Å². The molecule has 0 amide bonds. The van der Waals surface area contributed by atoms with Crippen LogP contribution in [0.3, 0.4) is 0 Å². The van der Waals surface area contributed by atoms with Gasteiger partial charge in [-0.05, 0) is 25.0 Å². The molecule has 222 valence electrons. The predicted molar refractivity (Wildman–Crippen MR) is 122 cm³/mol. The van der Waals surface area contributed by atoms with Gasteiger partial charge in [0.05, 0.1) is 28.4 Å². The van der Waals surface area contributed by atoms with Crippen LogP contribution in [0.1, 0.15) is 32.0 Å². The summed E-state index contributed by atoms with van der Waals surface area (Å²) in [6.45, 7) is 4.01. The second-order valence-corrected chi connectivity index (χ2v) is 9.22. The van der Waals surface area contributed by atoms with E-state index in [-0.39, 0.29) is 19.5 Å². The summed E-state index contributed by atoms with van der Waals surface area (Å²) < 4.78 is 65.7. The van der Waals surface area contributed by atoms with Crippen LogP contribution >= 0.6 is 0 Å². The first-order valence-corrected chi connectivity index (χ1v) is 11.6. The van der Waals surface area contributed by atoms with Crippen molar-refractivity contribution in [3.8, 4) is 0 Å². The number of aromatic nitrogens is 2. The number of unbranched alkanes of at least 4 members (excludes halogenated alkanes) is 1. The van der Waals surface area contributed by atoms with Crippen molar-refractivity contribution < 1.29 is 65.9 Å². The van der Waals surface area contributed by atoms with Crippen LogP contribution in [0.15, 0.2) is 24.3 Å². The zero-order chi connectivity index (χ0) is 30.7. The first-order valence-electron chi connectivity index (χ1n) is 11.6. The number of hydrogen-bond acceptors (Lipinski definition) is 6. The van der Waals surface area contributed by atoms with Gasteiger partial charge in [-0.15, -0.1) is 0 Å². The number of likely N-dealkylation sites (tertiary alicyclic amines) is 1. The maximum absolute atomic E-state index is 11.7. The summed E-state index contributed by atoms with van der Waals surface area (Å²) in [7, 11) is 0.